The van der Waals surface area contributed by atoms with Crippen LogP contribution in [0.25, 0.3) is 5.82 Å². The Balaban J connectivity index is 2.44. The SMILES string of the molecule is FC(F)(F)c1cccc(-n2cc(I)cn2)n1. The van der Waals surface area contributed by atoms with Crippen molar-refractivity contribution in [2.75, 3.05) is 0 Å². The van der Waals surface area contributed by atoms with Gasteiger partial charge in [0.05, 0.1) is 9.77 Å². The van der Waals surface area contributed by atoms with E-state index in [-0.39, 0.29) is 5.82 Å². The summed E-state index contributed by atoms with van der Waals surface area (Å²) in [5.74, 6) is 0.151. The van der Waals surface area contributed by atoms with Crippen LogP contribution in [0.4, 0.5) is 13.2 Å². The van der Waals surface area contributed by atoms with E-state index in [1.807, 2.05) is 22.6 Å². The number of nitrogens with zero attached hydrogens (tertiary/aromatic N) is 3. The molecule has 0 saturated carbocycles. The fraction of sp³-hybridized carbons (Fsp3) is 0.111. The summed E-state index contributed by atoms with van der Waals surface area (Å²) >= 11 is 2.02. The van der Waals surface area contributed by atoms with Crippen molar-refractivity contribution < 1.29 is 13.2 Å². The highest BCUT2D eigenvalue weighted by Gasteiger charge is 2.32. The van der Waals surface area contributed by atoms with Gasteiger partial charge in [0.2, 0.25) is 0 Å². The molecule has 0 aliphatic carbocycles. The number of alkyl halides is 3. The molecule has 0 aliphatic rings. The number of hydrogen-bond donors (Lipinski definition) is 0. The van der Waals surface area contributed by atoms with Crippen LogP contribution >= 0.6 is 22.6 Å². The lowest BCUT2D eigenvalue weighted by atomic mass is 10.3. The first-order valence-electron chi connectivity index (χ1n) is 4.21. The van der Waals surface area contributed by atoms with E-state index in [0.29, 0.717) is 0 Å². The number of aromatic nitrogens is 3. The predicted octanol–water partition coefficient (Wildman–Crippen LogP) is 2.89. The molecular formula is C9H5F3IN3. The second-order valence-corrected chi connectivity index (χ2v) is 4.23. The third-order valence-electron chi connectivity index (χ3n) is 1.81. The third kappa shape index (κ3) is 2.34. The smallest absolute Gasteiger partial charge is 0.224 e. The molecule has 0 N–H and O–H groups in total. The zero-order valence-electron chi connectivity index (χ0n) is 7.74. The molecule has 0 amide bonds. The molecule has 0 spiro atoms. The normalized spacial score (nSPS) is 11.8. The van der Waals surface area contributed by atoms with E-state index in [4.69, 9.17) is 0 Å². The summed E-state index contributed by atoms with van der Waals surface area (Å²) in [7, 11) is 0. The molecular weight excluding hydrogens is 334 g/mol. The summed E-state index contributed by atoms with van der Waals surface area (Å²) in [6, 6.07) is 3.70. The van der Waals surface area contributed by atoms with Gasteiger partial charge in [0.1, 0.15) is 5.69 Å². The molecule has 84 valence electrons. The van der Waals surface area contributed by atoms with E-state index < -0.39 is 11.9 Å². The second-order valence-electron chi connectivity index (χ2n) is 2.98. The summed E-state index contributed by atoms with van der Waals surface area (Å²) in [5.41, 5.74) is -0.921. The minimum absolute atomic E-state index is 0.151. The van der Waals surface area contributed by atoms with Gasteiger partial charge in [-0.05, 0) is 34.7 Å². The van der Waals surface area contributed by atoms with E-state index in [0.717, 1.165) is 9.64 Å². The van der Waals surface area contributed by atoms with Crippen molar-refractivity contribution in [3.05, 3.63) is 39.9 Å². The summed E-state index contributed by atoms with van der Waals surface area (Å²) in [5, 5.41) is 3.89. The minimum atomic E-state index is -4.43. The molecule has 0 fully saturated rings. The van der Waals surface area contributed by atoms with Crippen LogP contribution in [-0.4, -0.2) is 14.8 Å². The fourth-order valence-electron chi connectivity index (χ4n) is 1.13. The summed E-state index contributed by atoms with van der Waals surface area (Å²) in [4.78, 5) is 3.50. The largest absolute Gasteiger partial charge is 0.433 e. The van der Waals surface area contributed by atoms with Gasteiger partial charge in [0, 0.05) is 6.20 Å². The van der Waals surface area contributed by atoms with Gasteiger partial charge in [0.25, 0.3) is 0 Å². The summed E-state index contributed by atoms with van der Waals surface area (Å²) in [6.07, 6.45) is -1.29. The van der Waals surface area contributed by atoms with E-state index in [9.17, 15) is 13.2 Å². The summed E-state index contributed by atoms with van der Waals surface area (Å²) in [6.45, 7) is 0. The van der Waals surface area contributed by atoms with Gasteiger partial charge < -0.3 is 0 Å². The zero-order valence-corrected chi connectivity index (χ0v) is 9.90. The van der Waals surface area contributed by atoms with Gasteiger partial charge in [-0.1, -0.05) is 6.07 Å². The van der Waals surface area contributed by atoms with Crippen molar-refractivity contribution in [3.63, 3.8) is 0 Å². The van der Waals surface area contributed by atoms with E-state index in [1.165, 1.54) is 16.8 Å². The second kappa shape index (κ2) is 4.04. The van der Waals surface area contributed by atoms with Crippen LogP contribution < -0.4 is 0 Å². The first-order chi connectivity index (χ1) is 7.47. The lowest BCUT2D eigenvalue weighted by Gasteiger charge is -2.07. The van der Waals surface area contributed by atoms with Crippen LogP contribution in [0.15, 0.2) is 30.6 Å². The molecule has 3 nitrogen and oxygen atoms in total. The van der Waals surface area contributed by atoms with Crippen LogP contribution in [0.1, 0.15) is 5.69 Å². The Kier molecular flexibility index (Phi) is 2.87. The number of hydrogen-bond acceptors (Lipinski definition) is 2. The van der Waals surface area contributed by atoms with Crippen molar-refractivity contribution in [1.29, 1.82) is 0 Å². The highest BCUT2D eigenvalue weighted by Crippen LogP contribution is 2.27. The fourth-order valence-corrected chi connectivity index (χ4v) is 1.52. The quantitative estimate of drug-likeness (QED) is 0.748. The Morgan fingerprint density at radius 1 is 1.25 bits per heavy atom. The van der Waals surface area contributed by atoms with E-state index in [1.54, 1.807) is 12.4 Å². The van der Waals surface area contributed by atoms with Crippen LogP contribution in [0.3, 0.4) is 0 Å². The maximum atomic E-state index is 12.4. The predicted molar refractivity (Wildman–Crippen MR) is 59.1 cm³/mol. The van der Waals surface area contributed by atoms with Gasteiger partial charge in [-0.2, -0.15) is 18.3 Å². The molecule has 0 aliphatic heterocycles. The van der Waals surface area contributed by atoms with Crippen LogP contribution in [-0.2, 0) is 6.18 Å². The molecule has 0 bridgehead atoms. The minimum Gasteiger partial charge on any atom is -0.224 e. The van der Waals surface area contributed by atoms with Gasteiger partial charge >= 0.3 is 6.18 Å². The van der Waals surface area contributed by atoms with Crippen LogP contribution in [0.5, 0.6) is 0 Å². The Labute approximate surface area is 102 Å². The molecule has 7 heteroatoms. The molecule has 0 unspecified atom stereocenters. The Bertz CT molecular complexity index is 507. The molecule has 2 heterocycles. The molecule has 2 rings (SSSR count). The van der Waals surface area contributed by atoms with Crippen molar-refractivity contribution in [1.82, 2.24) is 14.8 Å². The highest BCUT2D eigenvalue weighted by atomic mass is 127. The number of pyridine rings is 1. The molecule has 0 saturated heterocycles. The Hall–Kier alpha value is -1.12. The van der Waals surface area contributed by atoms with Gasteiger partial charge in [0.15, 0.2) is 5.82 Å². The maximum Gasteiger partial charge on any atom is 0.433 e. The van der Waals surface area contributed by atoms with Gasteiger partial charge in [-0.25, -0.2) is 9.67 Å². The first kappa shape index (κ1) is 11.4. The molecule has 0 radical (unpaired) electrons. The topological polar surface area (TPSA) is 30.7 Å². The molecule has 0 atom stereocenters. The first-order valence-corrected chi connectivity index (χ1v) is 5.29. The Morgan fingerprint density at radius 2 is 2.00 bits per heavy atom. The molecule has 2 aromatic rings. The Morgan fingerprint density at radius 3 is 2.56 bits per heavy atom. The van der Waals surface area contributed by atoms with Crippen molar-refractivity contribution in [2.24, 2.45) is 0 Å². The average Bonchev–Trinajstić information content (AvgIpc) is 2.64. The lowest BCUT2D eigenvalue weighted by molar-refractivity contribution is -0.141. The monoisotopic (exact) mass is 339 g/mol. The van der Waals surface area contributed by atoms with Crippen LogP contribution in [0.2, 0.25) is 0 Å². The van der Waals surface area contributed by atoms with E-state index in [2.05, 4.69) is 10.1 Å². The maximum absolute atomic E-state index is 12.4. The highest BCUT2D eigenvalue weighted by molar-refractivity contribution is 14.1. The zero-order chi connectivity index (χ0) is 11.8. The third-order valence-corrected chi connectivity index (χ3v) is 2.37. The number of halogens is 4. The molecule has 16 heavy (non-hydrogen) atoms. The molecule has 0 aromatic carbocycles. The lowest BCUT2D eigenvalue weighted by Crippen LogP contribution is -2.10. The standard InChI is InChI=1S/C9H5F3IN3/c10-9(11,12)7-2-1-3-8(15-7)16-5-6(13)4-14-16/h1-5H. The average molecular weight is 339 g/mol. The van der Waals surface area contributed by atoms with Crippen molar-refractivity contribution >= 4 is 22.6 Å². The summed E-state index contributed by atoms with van der Waals surface area (Å²) < 4.78 is 39.3. The molecule has 2 aromatic heterocycles. The van der Waals surface area contributed by atoms with Gasteiger partial charge in [-0.15, -0.1) is 0 Å². The van der Waals surface area contributed by atoms with Crippen molar-refractivity contribution in [2.45, 2.75) is 6.18 Å². The number of rotatable bonds is 1. The van der Waals surface area contributed by atoms with Crippen LogP contribution in [0, 0.1) is 3.57 Å². The van der Waals surface area contributed by atoms with E-state index >= 15 is 0 Å². The van der Waals surface area contributed by atoms with Crippen molar-refractivity contribution in [3.8, 4) is 5.82 Å². The van der Waals surface area contributed by atoms with Gasteiger partial charge in [-0.3, -0.25) is 0 Å².